The fourth-order valence-corrected chi connectivity index (χ4v) is 4.62. The normalized spacial score (nSPS) is 11.2. The van der Waals surface area contributed by atoms with E-state index in [0.717, 1.165) is 30.0 Å². The third-order valence-corrected chi connectivity index (χ3v) is 6.93. The summed E-state index contributed by atoms with van der Waals surface area (Å²) in [5.74, 6) is 0.0640. The highest BCUT2D eigenvalue weighted by Crippen LogP contribution is 2.35. The Hall–Kier alpha value is -4.23. The fraction of sp³-hybridized carbons (Fsp3) is 0.185. The molecule has 0 radical (unpaired) electrons. The molecule has 1 heterocycles. The molecule has 0 saturated heterocycles. The number of carbonyl (C=O) groups excluding carboxylic acids is 2. The summed E-state index contributed by atoms with van der Waals surface area (Å²) in [6.45, 7) is -0.0201. The van der Waals surface area contributed by atoms with Gasteiger partial charge in [-0.15, -0.1) is 10.2 Å². The summed E-state index contributed by atoms with van der Waals surface area (Å²) in [5, 5.41) is 13.8. The molecule has 0 aliphatic heterocycles. The van der Waals surface area contributed by atoms with Gasteiger partial charge in [0.05, 0.1) is 48.5 Å². The third-order valence-electron chi connectivity index (χ3n) is 5.67. The molecule has 2 amide bonds. The second-order valence-corrected chi connectivity index (χ2v) is 9.70. The number of hydrogen-bond acceptors (Lipinski definition) is 7. The molecule has 0 bridgehead atoms. The van der Waals surface area contributed by atoms with Crippen LogP contribution >= 0.6 is 23.4 Å². The van der Waals surface area contributed by atoms with Gasteiger partial charge in [-0.2, -0.15) is 13.2 Å². The molecule has 14 heteroatoms. The maximum absolute atomic E-state index is 13.1. The number of ether oxygens (including phenoxy) is 2. The average Bonchev–Trinajstić information content (AvgIpc) is 3.37. The van der Waals surface area contributed by atoms with Crippen LogP contribution in [0.3, 0.4) is 0 Å². The Morgan fingerprint density at radius 1 is 1.00 bits per heavy atom. The van der Waals surface area contributed by atoms with Gasteiger partial charge in [0.2, 0.25) is 5.91 Å². The maximum Gasteiger partial charge on any atom is 0.416 e. The average molecular weight is 606 g/mol. The Labute approximate surface area is 242 Å². The van der Waals surface area contributed by atoms with Crippen molar-refractivity contribution < 1.29 is 32.2 Å². The minimum absolute atomic E-state index is 0.0201. The molecular formula is C27H23ClF3N5O4S. The molecule has 0 fully saturated rings. The van der Waals surface area contributed by atoms with Crippen molar-refractivity contribution in [3.8, 4) is 17.2 Å². The molecule has 0 aliphatic carbocycles. The van der Waals surface area contributed by atoms with E-state index in [-0.39, 0.29) is 34.1 Å². The molecule has 1 aromatic heterocycles. The highest BCUT2D eigenvalue weighted by Gasteiger charge is 2.31. The molecule has 0 unspecified atom stereocenters. The van der Waals surface area contributed by atoms with E-state index >= 15 is 0 Å². The zero-order valence-electron chi connectivity index (χ0n) is 21.7. The van der Waals surface area contributed by atoms with Crippen molar-refractivity contribution >= 4 is 40.9 Å². The molecule has 41 heavy (non-hydrogen) atoms. The summed E-state index contributed by atoms with van der Waals surface area (Å²) >= 11 is 6.98. The van der Waals surface area contributed by atoms with E-state index in [2.05, 4.69) is 20.8 Å². The molecule has 214 valence electrons. The number of nitrogens with one attached hydrogen (secondary N) is 2. The van der Waals surface area contributed by atoms with Crippen LogP contribution in [0.4, 0.5) is 18.9 Å². The van der Waals surface area contributed by atoms with Gasteiger partial charge in [-0.05, 0) is 42.5 Å². The molecule has 0 spiro atoms. The number of rotatable bonds is 10. The highest BCUT2D eigenvalue weighted by molar-refractivity contribution is 7.99. The number of thioether (sulfide) groups is 1. The largest absolute Gasteiger partial charge is 0.497 e. The number of alkyl halides is 3. The van der Waals surface area contributed by atoms with Crippen LogP contribution in [-0.4, -0.2) is 46.6 Å². The van der Waals surface area contributed by atoms with Crippen molar-refractivity contribution in [1.82, 2.24) is 20.1 Å². The SMILES string of the molecule is COc1ccc(OC)c(-n2c(CNC(=O)c3ccccc3)nnc2SCC(=O)Nc2cc(C(F)(F)F)ccc2Cl)c1. The number of nitrogens with zero attached hydrogens (tertiary/aromatic N) is 3. The van der Waals surface area contributed by atoms with E-state index in [0.29, 0.717) is 28.6 Å². The number of halogens is 4. The zero-order valence-corrected chi connectivity index (χ0v) is 23.2. The van der Waals surface area contributed by atoms with Crippen molar-refractivity contribution in [2.24, 2.45) is 0 Å². The van der Waals surface area contributed by atoms with Crippen molar-refractivity contribution in [3.63, 3.8) is 0 Å². The van der Waals surface area contributed by atoms with Gasteiger partial charge < -0.3 is 20.1 Å². The lowest BCUT2D eigenvalue weighted by molar-refractivity contribution is -0.137. The molecule has 4 aromatic rings. The van der Waals surface area contributed by atoms with Gasteiger partial charge in [0, 0.05) is 11.6 Å². The van der Waals surface area contributed by atoms with Crippen molar-refractivity contribution in [3.05, 3.63) is 88.7 Å². The van der Waals surface area contributed by atoms with Gasteiger partial charge in [-0.1, -0.05) is 41.6 Å². The highest BCUT2D eigenvalue weighted by atomic mass is 35.5. The van der Waals surface area contributed by atoms with Crippen LogP contribution in [0.2, 0.25) is 5.02 Å². The Morgan fingerprint density at radius 3 is 2.44 bits per heavy atom. The van der Waals surface area contributed by atoms with Gasteiger partial charge in [-0.3, -0.25) is 14.2 Å². The summed E-state index contributed by atoms with van der Waals surface area (Å²) in [6.07, 6.45) is -4.60. The lowest BCUT2D eigenvalue weighted by Gasteiger charge is -2.15. The minimum Gasteiger partial charge on any atom is -0.497 e. The lowest BCUT2D eigenvalue weighted by Crippen LogP contribution is -2.24. The lowest BCUT2D eigenvalue weighted by atomic mass is 10.2. The van der Waals surface area contributed by atoms with Crippen LogP contribution in [0.15, 0.2) is 71.9 Å². The molecule has 0 saturated carbocycles. The molecule has 0 atom stereocenters. The van der Waals surface area contributed by atoms with Crippen molar-refractivity contribution in [1.29, 1.82) is 0 Å². The topological polar surface area (TPSA) is 107 Å². The summed E-state index contributed by atoms with van der Waals surface area (Å²) in [6, 6.07) is 16.3. The Balaban J connectivity index is 1.59. The first-order valence-electron chi connectivity index (χ1n) is 11.9. The Morgan fingerprint density at radius 2 is 1.76 bits per heavy atom. The van der Waals surface area contributed by atoms with Crippen LogP contribution in [0.25, 0.3) is 5.69 Å². The first-order chi connectivity index (χ1) is 19.6. The van der Waals surface area contributed by atoms with Crippen LogP contribution in [0, 0.1) is 0 Å². The number of amides is 2. The number of methoxy groups -OCH3 is 2. The first kappa shape index (κ1) is 29.7. The van der Waals surface area contributed by atoms with E-state index < -0.39 is 17.6 Å². The van der Waals surface area contributed by atoms with E-state index in [1.807, 2.05) is 0 Å². The quantitative estimate of drug-likeness (QED) is 0.226. The Kier molecular flexibility index (Phi) is 9.40. The predicted molar refractivity (Wildman–Crippen MR) is 148 cm³/mol. The number of benzene rings is 3. The summed E-state index contributed by atoms with van der Waals surface area (Å²) in [5.41, 5.74) is -0.189. The third kappa shape index (κ3) is 7.30. The molecule has 2 N–H and O–H groups in total. The molecule has 0 aliphatic rings. The summed E-state index contributed by atoms with van der Waals surface area (Å²) in [4.78, 5) is 25.4. The summed E-state index contributed by atoms with van der Waals surface area (Å²) in [7, 11) is 2.98. The Bertz CT molecular complexity index is 1550. The molecule has 3 aromatic carbocycles. The van der Waals surface area contributed by atoms with Crippen molar-refractivity contribution in [2.45, 2.75) is 17.9 Å². The van der Waals surface area contributed by atoms with Crippen molar-refractivity contribution in [2.75, 3.05) is 25.3 Å². The zero-order chi connectivity index (χ0) is 29.6. The standard InChI is InChI=1S/C27H23ClF3N5O4S/c1-39-18-9-11-22(40-2)21(13-18)36-23(14-32-25(38)16-6-4-3-5-7-16)34-35-26(36)41-15-24(37)33-20-12-17(27(29,30)31)8-10-19(20)28/h3-13H,14-15H2,1-2H3,(H,32,38)(H,33,37). The van der Waals surface area contributed by atoms with E-state index in [4.69, 9.17) is 21.1 Å². The second-order valence-electron chi connectivity index (χ2n) is 8.35. The van der Waals surface area contributed by atoms with Gasteiger partial charge in [0.1, 0.15) is 11.5 Å². The molecule has 9 nitrogen and oxygen atoms in total. The van der Waals surface area contributed by atoms with Gasteiger partial charge in [0.25, 0.3) is 5.91 Å². The van der Waals surface area contributed by atoms with Gasteiger partial charge in [0.15, 0.2) is 11.0 Å². The summed E-state index contributed by atoms with van der Waals surface area (Å²) < 4.78 is 51.8. The molecule has 4 rings (SSSR count). The maximum atomic E-state index is 13.1. The van der Waals surface area contributed by atoms with Crippen LogP contribution in [0.1, 0.15) is 21.7 Å². The molecular weight excluding hydrogens is 583 g/mol. The fourth-order valence-electron chi connectivity index (χ4n) is 3.69. The van der Waals surface area contributed by atoms with Crippen LogP contribution in [0.5, 0.6) is 11.5 Å². The number of carbonyl (C=O) groups is 2. The van der Waals surface area contributed by atoms with Crippen LogP contribution in [-0.2, 0) is 17.5 Å². The predicted octanol–water partition coefficient (Wildman–Crippen LogP) is 5.62. The number of anilines is 1. The van der Waals surface area contributed by atoms with E-state index in [1.165, 1.54) is 14.2 Å². The number of aromatic nitrogens is 3. The second kappa shape index (κ2) is 13.0. The smallest absolute Gasteiger partial charge is 0.416 e. The van der Waals surface area contributed by atoms with E-state index in [9.17, 15) is 22.8 Å². The van der Waals surface area contributed by atoms with Gasteiger partial charge >= 0.3 is 6.18 Å². The number of hydrogen-bond donors (Lipinski definition) is 2. The van der Waals surface area contributed by atoms with Gasteiger partial charge in [-0.25, -0.2) is 0 Å². The monoisotopic (exact) mass is 605 g/mol. The first-order valence-corrected chi connectivity index (χ1v) is 13.3. The minimum atomic E-state index is -4.60. The van der Waals surface area contributed by atoms with E-state index in [1.54, 1.807) is 53.1 Å². The van der Waals surface area contributed by atoms with Crippen LogP contribution < -0.4 is 20.1 Å².